The molecule has 0 aliphatic carbocycles. The molecule has 126 valence electrons. The first kappa shape index (κ1) is 14.7. The van der Waals surface area contributed by atoms with E-state index in [1.54, 1.807) is 9.80 Å². The Morgan fingerprint density at radius 3 is 2.58 bits per heavy atom. The fraction of sp³-hybridized carbons (Fsp3) is 0.550. The van der Waals surface area contributed by atoms with E-state index in [2.05, 4.69) is 49.3 Å². The molecule has 5 heterocycles. The summed E-state index contributed by atoms with van der Waals surface area (Å²) in [7, 11) is 0. The molecule has 1 aromatic carbocycles. The maximum Gasteiger partial charge on any atom is 0.242 e. The molecule has 4 fully saturated rings. The van der Waals surface area contributed by atoms with Gasteiger partial charge in [0.2, 0.25) is 6.17 Å². The van der Waals surface area contributed by atoms with Crippen molar-refractivity contribution in [2.24, 2.45) is 10.8 Å². The van der Waals surface area contributed by atoms with Crippen molar-refractivity contribution in [2.75, 3.05) is 26.2 Å². The number of aromatic nitrogens is 1. The highest BCUT2D eigenvalue weighted by molar-refractivity contribution is 5.92. The molecule has 1 aromatic heterocycles. The van der Waals surface area contributed by atoms with Crippen LogP contribution in [0.2, 0.25) is 0 Å². The number of Topliss-reactive ketones (excluding diaryl/α,β-unsaturated/α-hetero) is 1. The minimum absolute atomic E-state index is 0.0622. The average Bonchev–Trinajstić information content (AvgIpc) is 2.96. The molecule has 0 amide bonds. The zero-order valence-corrected chi connectivity index (χ0v) is 14.6. The Morgan fingerprint density at radius 2 is 1.88 bits per heavy atom. The quantitative estimate of drug-likeness (QED) is 0.748. The lowest BCUT2D eigenvalue weighted by Gasteiger charge is -2.59. The molecule has 6 rings (SSSR count). The van der Waals surface area contributed by atoms with Crippen molar-refractivity contribution >= 4 is 16.7 Å². The Labute approximate surface area is 142 Å². The summed E-state index contributed by atoms with van der Waals surface area (Å²) in [6.07, 6.45) is 4.87. The van der Waals surface area contributed by atoms with Crippen molar-refractivity contribution in [2.45, 2.75) is 32.9 Å². The van der Waals surface area contributed by atoms with Gasteiger partial charge in [0.25, 0.3) is 0 Å². The summed E-state index contributed by atoms with van der Waals surface area (Å²) in [4.78, 5) is 19.9. The number of quaternary nitrogens is 2. The number of fused-ring (bicyclic) bond motifs is 1. The van der Waals surface area contributed by atoms with Gasteiger partial charge in [-0.2, -0.15) is 0 Å². The van der Waals surface area contributed by atoms with Crippen LogP contribution in [0.15, 0.2) is 30.5 Å². The van der Waals surface area contributed by atoms with E-state index >= 15 is 0 Å². The van der Waals surface area contributed by atoms with E-state index in [9.17, 15) is 4.79 Å². The van der Waals surface area contributed by atoms with E-state index in [0.717, 1.165) is 39.0 Å². The molecule has 2 unspecified atom stereocenters. The summed E-state index contributed by atoms with van der Waals surface area (Å²) in [5, 5.41) is 1.36. The van der Waals surface area contributed by atoms with Crippen LogP contribution < -0.4 is 9.80 Å². The van der Waals surface area contributed by atoms with Gasteiger partial charge in [-0.05, 0) is 19.4 Å². The van der Waals surface area contributed by atoms with Crippen LogP contribution in [0.5, 0.6) is 0 Å². The number of carbonyl (C=O) groups is 1. The number of benzene rings is 1. The summed E-state index contributed by atoms with van der Waals surface area (Å²) in [5.41, 5.74) is 2.50. The highest BCUT2D eigenvalue weighted by Crippen LogP contribution is 2.40. The molecule has 24 heavy (non-hydrogen) atoms. The minimum atomic E-state index is -0.112. The molecule has 0 spiro atoms. The molecule has 4 saturated heterocycles. The number of aromatic amines is 1. The van der Waals surface area contributed by atoms with Gasteiger partial charge in [0.1, 0.15) is 37.0 Å². The van der Waals surface area contributed by atoms with E-state index in [-0.39, 0.29) is 10.8 Å². The Morgan fingerprint density at radius 1 is 1.17 bits per heavy atom. The van der Waals surface area contributed by atoms with Gasteiger partial charge in [0, 0.05) is 17.1 Å². The van der Waals surface area contributed by atoms with Crippen molar-refractivity contribution in [3.05, 3.63) is 36.0 Å². The predicted molar refractivity (Wildman–Crippen MR) is 92.9 cm³/mol. The lowest BCUT2D eigenvalue weighted by atomic mass is 9.59. The first-order valence-corrected chi connectivity index (χ1v) is 9.36. The molecule has 4 bridgehead atoms. The van der Waals surface area contributed by atoms with Gasteiger partial charge in [0.05, 0.1) is 5.56 Å². The molecule has 4 heteroatoms. The Balaban J connectivity index is 1.59. The summed E-state index contributed by atoms with van der Waals surface area (Å²) >= 11 is 0. The summed E-state index contributed by atoms with van der Waals surface area (Å²) in [5.74, 6) is 0.571. The molecule has 0 radical (unpaired) electrons. The van der Waals surface area contributed by atoms with Crippen molar-refractivity contribution < 1.29 is 14.6 Å². The van der Waals surface area contributed by atoms with E-state index in [4.69, 9.17) is 0 Å². The second-order valence-corrected chi connectivity index (χ2v) is 8.67. The van der Waals surface area contributed by atoms with E-state index in [1.807, 2.05) is 0 Å². The number of nitrogens with one attached hydrogen (secondary N) is 3. The van der Waals surface area contributed by atoms with Gasteiger partial charge in [-0.1, -0.05) is 31.5 Å². The fourth-order valence-electron chi connectivity index (χ4n) is 6.32. The van der Waals surface area contributed by atoms with Crippen molar-refractivity contribution in [3.63, 3.8) is 0 Å². The molecule has 2 aromatic rings. The highest BCUT2D eigenvalue weighted by Gasteiger charge is 2.69. The molecule has 2 atom stereocenters. The maximum absolute atomic E-state index is 13.2. The van der Waals surface area contributed by atoms with Crippen molar-refractivity contribution in [3.8, 4) is 0 Å². The Hall–Kier alpha value is -1.65. The van der Waals surface area contributed by atoms with Crippen LogP contribution in [-0.4, -0.2) is 36.9 Å². The molecular weight excluding hydrogens is 298 g/mol. The zero-order chi connectivity index (χ0) is 16.5. The Bertz CT molecular complexity index is 807. The van der Waals surface area contributed by atoms with Crippen LogP contribution in [0.4, 0.5) is 0 Å². The number of hydrogen-bond acceptors (Lipinski definition) is 1. The molecule has 4 aliphatic rings. The monoisotopic (exact) mass is 325 g/mol. The first-order chi connectivity index (χ1) is 11.6. The molecule has 3 N–H and O–H groups in total. The smallest absolute Gasteiger partial charge is 0.242 e. The topological polar surface area (TPSA) is 41.7 Å². The largest absolute Gasteiger partial charge is 0.360 e. The number of ketones is 1. The third kappa shape index (κ3) is 1.73. The van der Waals surface area contributed by atoms with Gasteiger partial charge >= 0.3 is 0 Å². The molecule has 4 nitrogen and oxygen atoms in total. The SMILES string of the molecule is CCCC12C[NH+]3CC(C)(C[NH+](C1)C3c1c[nH]c3ccccc13)C2=O. The van der Waals surface area contributed by atoms with Crippen LogP contribution in [0.25, 0.3) is 10.9 Å². The van der Waals surface area contributed by atoms with Gasteiger partial charge < -0.3 is 4.98 Å². The van der Waals surface area contributed by atoms with Crippen LogP contribution >= 0.6 is 0 Å². The second-order valence-electron chi connectivity index (χ2n) is 8.67. The second kappa shape index (κ2) is 4.70. The third-order valence-corrected chi connectivity index (χ3v) is 6.87. The molecular formula is C20H27N3O+2. The number of carbonyl (C=O) groups excluding carboxylic acids is 1. The van der Waals surface area contributed by atoms with Gasteiger partial charge in [-0.3, -0.25) is 14.6 Å². The van der Waals surface area contributed by atoms with Crippen molar-refractivity contribution in [1.29, 1.82) is 0 Å². The van der Waals surface area contributed by atoms with Crippen LogP contribution in [-0.2, 0) is 4.79 Å². The van der Waals surface area contributed by atoms with E-state index in [1.165, 1.54) is 16.5 Å². The predicted octanol–water partition coefficient (Wildman–Crippen LogP) is 0.339. The third-order valence-electron chi connectivity index (χ3n) is 6.87. The van der Waals surface area contributed by atoms with Crippen LogP contribution in [0.3, 0.4) is 0 Å². The van der Waals surface area contributed by atoms with Crippen LogP contribution in [0, 0.1) is 10.8 Å². The lowest BCUT2D eigenvalue weighted by molar-refractivity contribution is -1.18. The van der Waals surface area contributed by atoms with Crippen molar-refractivity contribution in [1.82, 2.24) is 4.98 Å². The van der Waals surface area contributed by atoms with E-state index in [0.29, 0.717) is 11.9 Å². The molecule has 4 aliphatic heterocycles. The van der Waals surface area contributed by atoms with Gasteiger partial charge in [-0.25, -0.2) is 0 Å². The minimum Gasteiger partial charge on any atom is -0.360 e. The fourth-order valence-corrected chi connectivity index (χ4v) is 6.32. The number of rotatable bonds is 3. The summed E-state index contributed by atoms with van der Waals surface area (Å²) < 4.78 is 0. The van der Waals surface area contributed by atoms with E-state index < -0.39 is 0 Å². The normalized spacial score (nSPS) is 40.6. The first-order valence-electron chi connectivity index (χ1n) is 9.36. The van der Waals surface area contributed by atoms with Crippen LogP contribution in [0.1, 0.15) is 38.4 Å². The molecule has 0 saturated carbocycles. The number of hydrogen-bond donors (Lipinski definition) is 3. The standard InChI is InChI=1S/C20H25N3O/c1-3-8-20-12-22-10-19(2,18(20)24)11-23(13-20)17(22)15-9-21-16-7-5-4-6-14(15)16/h4-7,9,17,21H,3,8,10-13H2,1-2H3/p+2. The number of piperidine rings is 2. The maximum atomic E-state index is 13.2. The highest BCUT2D eigenvalue weighted by atomic mass is 16.1. The van der Waals surface area contributed by atoms with Gasteiger partial charge in [0.15, 0.2) is 5.78 Å². The average molecular weight is 325 g/mol. The lowest BCUT2D eigenvalue weighted by Crippen LogP contribution is -3.41. The number of H-pyrrole nitrogens is 1. The summed E-state index contributed by atoms with van der Waals surface area (Å²) in [6.45, 7) is 8.52. The Kier molecular flexibility index (Phi) is 2.88. The van der Waals surface area contributed by atoms with Gasteiger partial charge in [-0.15, -0.1) is 0 Å². The summed E-state index contributed by atoms with van der Waals surface area (Å²) in [6, 6.07) is 8.62. The zero-order valence-electron chi connectivity index (χ0n) is 14.6. The number of para-hydroxylation sites is 1.